The first-order valence-electron chi connectivity index (χ1n) is 6.02. The van der Waals surface area contributed by atoms with E-state index in [0.29, 0.717) is 11.0 Å². The molecule has 0 bridgehead atoms. The smallest absolute Gasteiger partial charge is 0.104 e. The van der Waals surface area contributed by atoms with Gasteiger partial charge in [-0.25, -0.2) is 0 Å². The summed E-state index contributed by atoms with van der Waals surface area (Å²) in [5.74, 6) is 0. The van der Waals surface area contributed by atoms with E-state index in [1.54, 1.807) is 0 Å². The lowest BCUT2D eigenvalue weighted by atomic mass is 9.95. The van der Waals surface area contributed by atoms with E-state index in [2.05, 4.69) is 21.2 Å². The van der Waals surface area contributed by atoms with Crippen LogP contribution in [-0.4, -0.2) is 11.0 Å². The normalized spacial score (nSPS) is 16.8. The molecule has 1 aliphatic carbocycles. The molecule has 0 atom stereocenters. The van der Waals surface area contributed by atoms with Gasteiger partial charge < -0.3 is 11.1 Å². The van der Waals surface area contributed by atoms with Crippen LogP contribution >= 0.6 is 28.1 Å². The van der Waals surface area contributed by atoms with E-state index in [1.807, 2.05) is 18.2 Å². The number of nitrogens with two attached hydrogens (primary N) is 1. The standard InChI is InChI=1S/C13H17BrN2S/c14-11-8-9(13(15)17)6-7-12(11)16-10-4-2-1-3-5-10/h6-8,10,16H,1-5H2,(H2,15,17). The summed E-state index contributed by atoms with van der Waals surface area (Å²) in [6.07, 6.45) is 6.58. The highest BCUT2D eigenvalue weighted by Gasteiger charge is 2.14. The fraction of sp³-hybridized carbons (Fsp3) is 0.462. The predicted octanol–water partition coefficient (Wildman–Crippen LogP) is 3.83. The number of hydrogen-bond acceptors (Lipinski definition) is 2. The molecule has 1 saturated carbocycles. The van der Waals surface area contributed by atoms with Gasteiger partial charge >= 0.3 is 0 Å². The number of benzene rings is 1. The van der Waals surface area contributed by atoms with Crippen molar-refractivity contribution in [3.05, 3.63) is 28.2 Å². The van der Waals surface area contributed by atoms with Gasteiger partial charge in [-0.15, -0.1) is 0 Å². The van der Waals surface area contributed by atoms with Gasteiger partial charge in [-0.1, -0.05) is 31.5 Å². The number of anilines is 1. The second kappa shape index (κ2) is 5.83. The van der Waals surface area contributed by atoms with Crippen LogP contribution in [0.5, 0.6) is 0 Å². The second-order valence-electron chi connectivity index (χ2n) is 4.54. The van der Waals surface area contributed by atoms with Gasteiger partial charge in [0.15, 0.2) is 0 Å². The Morgan fingerprint density at radius 3 is 2.59 bits per heavy atom. The highest BCUT2D eigenvalue weighted by molar-refractivity contribution is 9.10. The van der Waals surface area contributed by atoms with Gasteiger partial charge in [-0.2, -0.15) is 0 Å². The molecule has 2 rings (SSSR count). The molecule has 4 heteroatoms. The van der Waals surface area contributed by atoms with Crippen LogP contribution in [0.1, 0.15) is 37.7 Å². The number of thiocarbonyl (C=S) groups is 1. The van der Waals surface area contributed by atoms with Gasteiger partial charge in [-0.05, 0) is 47.0 Å². The van der Waals surface area contributed by atoms with Crippen LogP contribution in [0.25, 0.3) is 0 Å². The number of nitrogens with one attached hydrogen (secondary N) is 1. The summed E-state index contributed by atoms with van der Waals surface area (Å²) >= 11 is 8.53. The van der Waals surface area contributed by atoms with E-state index < -0.39 is 0 Å². The molecule has 0 unspecified atom stereocenters. The molecule has 0 saturated heterocycles. The molecule has 0 aliphatic heterocycles. The van der Waals surface area contributed by atoms with Gasteiger partial charge in [-0.3, -0.25) is 0 Å². The van der Waals surface area contributed by atoms with Crippen LogP contribution < -0.4 is 11.1 Å². The Labute approximate surface area is 116 Å². The van der Waals surface area contributed by atoms with Crippen LogP contribution in [0.3, 0.4) is 0 Å². The predicted molar refractivity (Wildman–Crippen MR) is 80.5 cm³/mol. The fourth-order valence-corrected chi connectivity index (χ4v) is 2.87. The Balaban J connectivity index is 2.08. The third-order valence-corrected chi connectivity index (χ3v) is 4.11. The third-order valence-electron chi connectivity index (χ3n) is 3.22. The van der Waals surface area contributed by atoms with Crippen molar-refractivity contribution in [1.82, 2.24) is 0 Å². The fourth-order valence-electron chi connectivity index (χ4n) is 2.25. The molecule has 1 aromatic carbocycles. The molecule has 0 radical (unpaired) electrons. The first-order chi connectivity index (χ1) is 8.16. The van der Waals surface area contributed by atoms with Crippen molar-refractivity contribution in [3.63, 3.8) is 0 Å². The molecule has 92 valence electrons. The molecule has 1 fully saturated rings. The van der Waals surface area contributed by atoms with Crippen molar-refractivity contribution in [3.8, 4) is 0 Å². The zero-order valence-corrected chi connectivity index (χ0v) is 12.1. The highest BCUT2D eigenvalue weighted by Crippen LogP contribution is 2.27. The summed E-state index contributed by atoms with van der Waals surface area (Å²) in [4.78, 5) is 0.440. The molecule has 0 spiro atoms. The van der Waals surface area contributed by atoms with Crippen molar-refractivity contribution >= 4 is 38.8 Å². The van der Waals surface area contributed by atoms with E-state index in [-0.39, 0.29) is 0 Å². The van der Waals surface area contributed by atoms with Crippen LogP contribution in [0.2, 0.25) is 0 Å². The molecule has 0 aromatic heterocycles. The van der Waals surface area contributed by atoms with E-state index in [4.69, 9.17) is 18.0 Å². The summed E-state index contributed by atoms with van der Waals surface area (Å²) in [7, 11) is 0. The quantitative estimate of drug-likeness (QED) is 0.833. The molecular weight excluding hydrogens is 296 g/mol. The zero-order valence-electron chi connectivity index (χ0n) is 9.71. The van der Waals surface area contributed by atoms with E-state index in [0.717, 1.165) is 15.7 Å². The van der Waals surface area contributed by atoms with Crippen molar-refractivity contribution in [2.24, 2.45) is 5.73 Å². The molecule has 0 amide bonds. The van der Waals surface area contributed by atoms with E-state index in [1.165, 1.54) is 32.1 Å². The summed E-state index contributed by atoms with van der Waals surface area (Å²) < 4.78 is 1.04. The van der Waals surface area contributed by atoms with Gasteiger partial charge in [0.05, 0.1) is 0 Å². The average Bonchev–Trinajstić information content (AvgIpc) is 2.33. The van der Waals surface area contributed by atoms with Crippen LogP contribution in [0, 0.1) is 0 Å². The van der Waals surface area contributed by atoms with Gasteiger partial charge in [0.2, 0.25) is 0 Å². The Morgan fingerprint density at radius 2 is 2.00 bits per heavy atom. The van der Waals surface area contributed by atoms with Crippen molar-refractivity contribution in [2.45, 2.75) is 38.1 Å². The SMILES string of the molecule is NC(=S)c1ccc(NC2CCCCC2)c(Br)c1. The maximum absolute atomic E-state index is 5.61. The van der Waals surface area contributed by atoms with Crippen molar-refractivity contribution in [2.75, 3.05) is 5.32 Å². The van der Waals surface area contributed by atoms with Gasteiger partial charge in [0.1, 0.15) is 4.99 Å². The van der Waals surface area contributed by atoms with Gasteiger partial charge in [0, 0.05) is 21.8 Å². The summed E-state index contributed by atoms with van der Waals surface area (Å²) in [6, 6.07) is 6.61. The molecule has 1 aromatic rings. The summed E-state index contributed by atoms with van der Waals surface area (Å²) in [6.45, 7) is 0. The summed E-state index contributed by atoms with van der Waals surface area (Å²) in [5.41, 5.74) is 7.65. The Morgan fingerprint density at radius 1 is 1.29 bits per heavy atom. The minimum atomic E-state index is 0.440. The van der Waals surface area contributed by atoms with Gasteiger partial charge in [0.25, 0.3) is 0 Å². The van der Waals surface area contributed by atoms with Crippen molar-refractivity contribution in [1.29, 1.82) is 0 Å². The average molecular weight is 313 g/mol. The first-order valence-corrected chi connectivity index (χ1v) is 7.23. The number of halogens is 1. The lowest BCUT2D eigenvalue weighted by molar-refractivity contribution is 0.462. The Bertz CT molecular complexity index is 414. The lowest BCUT2D eigenvalue weighted by Gasteiger charge is -2.24. The number of hydrogen-bond donors (Lipinski definition) is 2. The highest BCUT2D eigenvalue weighted by atomic mass is 79.9. The third kappa shape index (κ3) is 3.42. The maximum atomic E-state index is 5.61. The number of rotatable bonds is 3. The Kier molecular flexibility index (Phi) is 4.40. The van der Waals surface area contributed by atoms with Crippen LogP contribution in [0.15, 0.2) is 22.7 Å². The molecule has 2 nitrogen and oxygen atoms in total. The molecule has 17 heavy (non-hydrogen) atoms. The zero-order chi connectivity index (χ0) is 12.3. The lowest BCUT2D eigenvalue weighted by Crippen LogP contribution is -2.22. The Hall–Kier alpha value is -0.610. The first kappa shape index (κ1) is 12.8. The topological polar surface area (TPSA) is 38.0 Å². The molecular formula is C13H17BrN2S. The van der Waals surface area contributed by atoms with E-state index >= 15 is 0 Å². The molecule has 1 aliphatic rings. The van der Waals surface area contributed by atoms with Crippen LogP contribution in [-0.2, 0) is 0 Å². The minimum Gasteiger partial charge on any atom is -0.389 e. The van der Waals surface area contributed by atoms with Crippen molar-refractivity contribution < 1.29 is 0 Å². The second-order valence-corrected chi connectivity index (χ2v) is 5.83. The maximum Gasteiger partial charge on any atom is 0.104 e. The summed E-state index contributed by atoms with van der Waals surface area (Å²) in [5, 5.41) is 3.58. The largest absolute Gasteiger partial charge is 0.389 e. The minimum absolute atomic E-state index is 0.440. The molecule has 0 heterocycles. The van der Waals surface area contributed by atoms with Crippen LogP contribution in [0.4, 0.5) is 5.69 Å². The molecule has 3 N–H and O–H groups in total. The van der Waals surface area contributed by atoms with E-state index in [9.17, 15) is 0 Å². The monoisotopic (exact) mass is 312 g/mol.